The van der Waals surface area contributed by atoms with Gasteiger partial charge < -0.3 is 10.1 Å². The molecule has 0 saturated heterocycles. The van der Waals surface area contributed by atoms with Crippen molar-refractivity contribution in [3.8, 4) is 0 Å². The van der Waals surface area contributed by atoms with Gasteiger partial charge in [-0.2, -0.15) is 0 Å². The van der Waals surface area contributed by atoms with Crippen LogP contribution in [-0.2, 0) is 4.74 Å². The minimum absolute atomic E-state index is 0.713. The molecule has 0 atom stereocenters. The van der Waals surface area contributed by atoms with Crippen molar-refractivity contribution in [3.05, 3.63) is 0 Å². The number of rotatable bonds is 10. The van der Waals surface area contributed by atoms with E-state index in [1.54, 1.807) is 7.11 Å². The van der Waals surface area contributed by atoms with Crippen LogP contribution in [0.4, 0.5) is 0 Å². The van der Waals surface area contributed by atoms with Crippen LogP contribution in [0, 0.1) is 0 Å². The second-order valence-electron chi connectivity index (χ2n) is 5.43. The average molecular weight is 256 g/mol. The predicted octanol–water partition coefficient (Wildman–Crippen LogP) is 2.66. The summed E-state index contributed by atoms with van der Waals surface area (Å²) < 4.78 is 5.23. The van der Waals surface area contributed by atoms with Crippen LogP contribution in [0.5, 0.6) is 0 Å². The molecule has 0 aromatic rings. The maximum atomic E-state index is 5.23. The summed E-state index contributed by atoms with van der Waals surface area (Å²) in [5.41, 5.74) is 0. The van der Waals surface area contributed by atoms with Gasteiger partial charge in [0, 0.05) is 38.8 Å². The zero-order chi connectivity index (χ0) is 13.2. The first-order valence-corrected chi connectivity index (χ1v) is 7.78. The van der Waals surface area contributed by atoms with E-state index < -0.39 is 0 Å². The van der Waals surface area contributed by atoms with E-state index in [9.17, 15) is 0 Å². The zero-order valence-electron chi connectivity index (χ0n) is 12.6. The molecule has 0 radical (unpaired) electrons. The van der Waals surface area contributed by atoms with Crippen LogP contribution in [0.15, 0.2) is 0 Å². The predicted molar refractivity (Wildman–Crippen MR) is 78.1 cm³/mol. The number of hydrogen-bond acceptors (Lipinski definition) is 3. The third-order valence-electron chi connectivity index (χ3n) is 4.23. The van der Waals surface area contributed by atoms with Gasteiger partial charge in [0.1, 0.15) is 0 Å². The molecule has 18 heavy (non-hydrogen) atoms. The molecule has 0 aromatic heterocycles. The monoisotopic (exact) mass is 256 g/mol. The van der Waals surface area contributed by atoms with E-state index >= 15 is 0 Å². The Kier molecular flexibility index (Phi) is 8.64. The molecule has 1 fully saturated rings. The van der Waals surface area contributed by atoms with Crippen LogP contribution in [0.2, 0.25) is 0 Å². The molecule has 0 heterocycles. The van der Waals surface area contributed by atoms with Gasteiger partial charge in [0.05, 0.1) is 6.61 Å². The lowest BCUT2D eigenvalue weighted by Crippen LogP contribution is -2.42. The van der Waals surface area contributed by atoms with Crippen LogP contribution in [-0.4, -0.2) is 50.3 Å². The Bertz CT molecular complexity index is 189. The Labute approximate surface area is 113 Å². The third kappa shape index (κ3) is 5.68. The van der Waals surface area contributed by atoms with Crippen molar-refractivity contribution in [2.45, 2.75) is 64.5 Å². The molecule has 1 saturated carbocycles. The molecule has 0 aromatic carbocycles. The molecule has 0 unspecified atom stereocenters. The van der Waals surface area contributed by atoms with Gasteiger partial charge in [-0.15, -0.1) is 0 Å². The fraction of sp³-hybridized carbons (Fsp3) is 1.00. The Morgan fingerprint density at radius 2 is 1.83 bits per heavy atom. The maximum absolute atomic E-state index is 5.23. The van der Waals surface area contributed by atoms with Gasteiger partial charge in [-0.25, -0.2) is 0 Å². The quantitative estimate of drug-likeness (QED) is 0.650. The van der Waals surface area contributed by atoms with Crippen molar-refractivity contribution < 1.29 is 4.74 Å². The third-order valence-corrected chi connectivity index (χ3v) is 4.23. The highest BCUT2D eigenvalue weighted by Gasteiger charge is 2.17. The van der Waals surface area contributed by atoms with Crippen LogP contribution in [0.25, 0.3) is 0 Å². The Morgan fingerprint density at radius 1 is 1.17 bits per heavy atom. The summed E-state index contributed by atoms with van der Waals surface area (Å²) in [6.07, 6.45) is 8.06. The Hall–Kier alpha value is -0.120. The summed E-state index contributed by atoms with van der Waals surface area (Å²) in [5.74, 6) is 0. The van der Waals surface area contributed by atoms with E-state index in [4.69, 9.17) is 4.74 Å². The van der Waals surface area contributed by atoms with E-state index in [0.29, 0.717) is 6.04 Å². The first-order valence-electron chi connectivity index (χ1n) is 7.78. The van der Waals surface area contributed by atoms with Gasteiger partial charge in [0.2, 0.25) is 0 Å². The lowest BCUT2D eigenvalue weighted by atomic mass is 10.1. The van der Waals surface area contributed by atoms with Gasteiger partial charge in [0.25, 0.3) is 0 Å². The number of nitrogens with one attached hydrogen (secondary N) is 1. The molecule has 1 aliphatic carbocycles. The molecular weight excluding hydrogens is 224 g/mol. The highest BCUT2D eigenvalue weighted by molar-refractivity contribution is 4.75. The molecule has 0 amide bonds. The lowest BCUT2D eigenvalue weighted by Gasteiger charge is -2.30. The van der Waals surface area contributed by atoms with Gasteiger partial charge in [-0.05, 0) is 25.7 Å². The van der Waals surface area contributed by atoms with E-state index in [1.165, 1.54) is 38.5 Å². The summed E-state index contributed by atoms with van der Waals surface area (Å²) in [4.78, 5) is 2.59. The summed E-state index contributed by atoms with van der Waals surface area (Å²) in [5, 5.41) is 3.71. The van der Waals surface area contributed by atoms with Crippen molar-refractivity contribution >= 4 is 0 Å². The van der Waals surface area contributed by atoms with Crippen LogP contribution >= 0.6 is 0 Å². The van der Waals surface area contributed by atoms with Gasteiger partial charge in [-0.3, -0.25) is 4.90 Å². The van der Waals surface area contributed by atoms with Crippen LogP contribution < -0.4 is 5.32 Å². The Morgan fingerprint density at radius 3 is 2.39 bits per heavy atom. The minimum Gasteiger partial charge on any atom is -0.383 e. The number of nitrogens with zero attached hydrogens (tertiary/aromatic N) is 1. The van der Waals surface area contributed by atoms with Crippen LogP contribution in [0.3, 0.4) is 0 Å². The molecular formula is C15H32N2O. The van der Waals surface area contributed by atoms with Crippen molar-refractivity contribution in [2.75, 3.05) is 33.4 Å². The molecule has 3 nitrogen and oxygen atoms in total. The van der Waals surface area contributed by atoms with Crippen molar-refractivity contribution in [3.63, 3.8) is 0 Å². The van der Waals surface area contributed by atoms with Gasteiger partial charge >= 0.3 is 0 Å². The summed E-state index contributed by atoms with van der Waals surface area (Å²) >= 11 is 0. The van der Waals surface area contributed by atoms with Crippen molar-refractivity contribution in [2.24, 2.45) is 0 Å². The van der Waals surface area contributed by atoms with Crippen LogP contribution in [0.1, 0.15) is 52.4 Å². The highest BCUT2D eigenvalue weighted by atomic mass is 16.5. The van der Waals surface area contributed by atoms with E-state index in [0.717, 1.165) is 32.3 Å². The smallest absolute Gasteiger partial charge is 0.0589 e. The second-order valence-corrected chi connectivity index (χ2v) is 5.43. The van der Waals surface area contributed by atoms with E-state index in [-0.39, 0.29) is 0 Å². The fourth-order valence-corrected chi connectivity index (χ4v) is 3.03. The normalized spacial score (nSPS) is 17.2. The van der Waals surface area contributed by atoms with E-state index in [1.807, 2.05) is 0 Å². The number of methoxy groups -OCH3 is 1. The average Bonchev–Trinajstić information content (AvgIpc) is 2.89. The van der Waals surface area contributed by atoms with E-state index in [2.05, 4.69) is 24.1 Å². The molecule has 0 spiro atoms. The summed E-state index contributed by atoms with van der Waals surface area (Å²) in [6.45, 7) is 8.78. The second kappa shape index (κ2) is 9.76. The zero-order valence-corrected chi connectivity index (χ0v) is 12.6. The summed E-state index contributed by atoms with van der Waals surface area (Å²) in [6, 6.07) is 1.50. The standard InChI is InChI=1S/C15H32N2O/c1-4-15(5-2)17(12-13-18-3)11-10-16-14-8-6-7-9-14/h14-16H,4-13H2,1-3H3. The van der Waals surface area contributed by atoms with Gasteiger partial charge in [-0.1, -0.05) is 26.7 Å². The molecule has 1 N–H and O–H groups in total. The topological polar surface area (TPSA) is 24.5 Å². The van der Waals surface area contributed by atoms with Crippen molar-refractivity contribution in [1.29, 1.82) is 0 Å². The number of ether oxygens (including phenoxy) is 1. The molecule has 0 bridgehead atoms. The Balaban J connectivity index is 2.25. The molecule has 3 heteroatoms. The minimum atomic E-state index is 0.713. The first-order chi connectivity index (χ1) is 8.81. The number of hydrogen-bond donors (Lipinski definition) is 1. The van der Waals surface area contributed by atoms with Crippen molar-refractivity contribution in [1.82, 2.24) is 10.2 Å². The van der Waals surface area contributed by atoms with Gasteiger partial charge in [0.15, 0.2) is 0 Å². The molecule has 1 rings (SSSR count). The molecule has 108 valence electrons. The molecule has 1 aliphatic rings. The summed E-state index contributed by atoms with van der Waals surface area (Å²) in [7, 11) is 1.79. The molecule has 0 aliphatic heterocycles. The lowest BCUT2D eigenvalue weighted by molar-refractivity contribution is 0.115. The highest BCUT2D eigenvalue weighted by Crippen LogP contribution is 2.17. The largest absolute Gasteiger partial charge is 0.383 e. The maximum Gasteiger partial charge on any atom is 0.0589 e. The first kappa shape index (κ1) is 15.9. The fourth-order valence-electron chi connectivity index (χ4n) is 3.03. The SMILES string of the molecule is CCC(CC)N(CCNC1CCCC1)CCOC.